The van der Waals surface area contributed by atoms with Crippen LogP contribution in [0.2, 0.25) is 0 Å². The van der Waals surface area contributed by atoms with Gasteiger partial charge in [0.2, 0.25) is 0 Å². The van der Waals surface area contributed by atoms with Gasteiger partial charge in [-0.05, 0) is 20.8 Å². The molecule has 0 bridgehead atoms. The second kappa shape index (κ2) is 6.24. The Morgan fingerprint density at radius 3 is 2.35 bits per heavy atom. The van der Waals surface area contributed by atoms with Gasteiger partial charge < -0.3 is 20.4 Å². The second-order valence-electron chi connectivity index (χ2n) is 4.61. The maximum absolute atomic E-state index is 11.8. The van der Waals surface area contributed by atoms with E-state index in [-0.39, 0.29) is 6.54 Å². The van der Waals surface area contributed by atoms with Gasteiger partial charge in [-0.2, -0.15) is 0 Å². The van der Waals surface area contributed by atoms with Crippen LogP contribution in [0.5, 0.6) is 0 Å². The minimum Gasteiger partial charge on any atom is -0.479 e. The molecule has 0 aromatic carbocycles. The molecule has 0 spiro atoms. The Labute approximate surface area is 101 Å². The molecule has 0 aromatic rings. The van der Waals surface area contributed by atoms with E-state index in [1.807, 2.05) is 20.8 Å². The number of aliphatic hydroxyl groups excluding tert-OH is 1. The number of carboxylic acids is 1. The summed E-state index contributed by atoms with van der Waals surface area (Å²) in [4.78, 5) is 23.6. The van der Waals surface area contributed by atoms with Crippen molar-refractivity contribution in [1.82, 2.24) is 10.2 Å². The molecule has 6 nitrogen and oxygen atoms in total. The highest BCUT2D eigenvalue weighted by molar-refractivity contribution is 5.77. The van der Waals surface area contributed by atoms with E-state index >= 15 is 0 Å². The molecule has 0 aromatic heterocycles. The summed E-state index contributed by atoms with van der Waals surface area (Å²) in [5.41, 5.74) is -0.410. The lowest BCUT2D eigenvalue weighted by Gasteiger charge is -2.34. The fourth-order valence-corrected chi connectivity index (χ4v) is 1.16. The zero-order valence-electron chi connectivity index (χ0n) is 10.4. The van der Waals surface area contributed by atoms with Gasteiger partial charge in [0.15, 0.2) is 6.10 Å². The molecule has 0 heterocycles. The molecule has 6 heteroatoms. The number of carbonyl (C=O) groups excluding carboxylic acids is 1. The van der Waals surface area contributed by atoms with E-state index < -0.39 is 23.6 Å². The molecular formula is C11H20N2O4. The molecule has 0 fully saturated rings. The van der Waals surface area contributed by atoms with E-state index in [0.717, 1.165) is 0 Å². The van der Waals surface area contributed by atoms with Crippen molar-refractivity contribution >= 4 is 12.0 Å². The third kappa shape index (κ3) is 5.35. The van der Waals surface area contributed by atoms with E-state index in [1.54, 1.807) is 6.08 Å². The van der Waals surface area contributed by atoms with Crippen molar-refractivity contribution < 1.29 is 19.8 Å². The van der Waals surface area contributed by atoms with Gasteiger partial charge in [-0.25, -0.2) is 9.59 Å². The molecule has 0 saturated heterocycles. The quantitative estimate of drug-likeness (QED) is 0.612. The van der Waals surface area contributed by atoms with Crippen LogP contribution in [-0.4, -0.2) is 51.8 Å². The summed E-state index contributed by atoms with van der Waals surface area (Å²) >= 11 is 0. The van der Waals surface area contributed by atoms with Gasteiger partial charge in [0.1, 0.15) is 0 Å². The van der Waals surface area contributed by atoms with Crippen LogP contribution in [0.3, 0.4) is 0 Å². The number of aliphatic carboxylic acids is 1. The highest BCUT2D eigenvalue weighted by Crippen LogP contribution is 2.12. The summed E-state index contributed by atoms with van der Waals surface area (Å²) in [6.45, 7) is 9.13. The molecular weight excluding hydrogens is 224 g/mol. The van der Waals surface area contributed by atoms with Crippen molar-refractivity contribution in [2.45, 2.75) is 32.4 Å². The van der Waals surface area contributed by atoms with Crippen molar-refractivity contribution in [2.24, 2.45) is 0 Å². The summed E-state index contributed by atoms with van der Waals surface area (Å²) < 4.78 is 0. The molecule has 2 amide bonds. The third-order valence-electron chi connectivity index (χ3n) is 2.10. The maximum Gasteiger partial charge on any atom is 0.334 e. The Morgan fingerprint density at radius 1 is 1.47 bits per heavy atom. The van der Waals surface area contributed by atoms with Crippen LogP contribution < -0.4 is 5.32 Å². The summed E-state index contributed by atoms with van der Waals surface area (Å²) in [7, 11) is 0. The molecule has 1 atom stereocenters. The summed E-state index contributed by atoms with van der Waals surface area (Å²) in [6, 6.07) is -0.433. The Bertz CT molecular complexity index is 296. The first kappa shape index (κ1) is 15.4. The van der Waals surface area contributed by atoms with Crippen molar-refractivity contribution in [1.29, 1.82) is 0 Å². The zero-order valence-corrected chi connectivity index (χ0v) is 10.4. The molecule has 0 radical (unpaired) electrons. The molecule has 0 saturated carbocycles. The standard InChI is InChI=1S/C11H20N2O4/c1-5-6-13(11(2,3)4)10(17)12-7-8(14)9(15)16/h5,8,14H,1,6-7H2,2-4H3,(H,12,17)(H,15,16)/t8-/m0/s1. The largest absolute Gasteiger partial charge is 0.479 e. The predicted molar refractivity (Wildman–Crippen MR) is 63.7 cm³/mol. The van der Waals surface area contributed by atoms with Crippen LogP contribution in [0.1, 0.15) is 20.8 Å². The lowest BCUT2D eigenvalue weighted by Crippen LogP contribution is -2.52. The fraction of sp³-hybridized carbons (Fsp3) is 0.636. The molecule has 0 aliphatic rings. The minimum atomic E-state index is -1.59. The van der Waals surface area contributed by atoms with Crippen LogP contribution in [0, 0.1) is 0 Å². The van der Waals surface area contributed by atoms with E-state index in [0.29, 0.717) is 6.54 Å². The van der Waals surface area contributed by atoms with Crippen molar-refractivity contribution in [3.63, 3.8) is 0 Å². The van der Waals surface area contributed by atoms with Crippen LogP contribution in [-0.2, 0) is 4.79 Å². The Hall–Kier alpha value is -1.56. The van der Waals surface area contributed by atoms with Gasteiger partial charge in [-0.15, -0.1) is 6.58 Å². The number of carboxylic acid groups (broad SMARTS) is 1. The van der Waals surface area contributed by atoms with Crippen molar-refractivity contribution in [3.8, 4) is 0 Å². The van der Waals surface area contributed by atoms with E-state index in [2.05, 4.69) is 11.9 Å². The molecule has 98 valence electrons. The minimum absolute atomic E-state index is 0.322. The summed E-state index contributed by atoms with van der Waals surface area (Å²) in [6.07, 6.45) is -0.0113. The smallest absolute Gasteiger partial charge is 0.334 e. The first-order valence-electron chi connectivity index (χ1n) is 5.27. The van der Waals surface area contributed by atoms with Crippen molar-refractivity contribution in [2.75, 3.05) is 13.1 Å². The summed E-state index contributed by atoms with van der Waals surface area (Å²) in [5, 5.41) is 19.9. The third-order valence-corrected chi connectivity index (χ3v) is 2.10. The number of hydrogen-bond acceptors (Lipinski definition) is 3. The lowest BCUT2D eigenvalue weighted by molar-refractivity contribution is -0.146. The van der Waals surface area contributed by atoms with Crippen LogP contribution >= 0.6 is 0 Å². The van der Waals surface area contributed by atoms with E-state index in [9.17, 15) is 9.59 Å². The number of nitrogens with zero attached hydrogens (tertiary/aromatic N) is 1. The highest BCUT2D eigenvalue weighted by atomic mass is 16.4. The Balaban J connectivity index is 4.44. The number of carbonyl (C=O) groups is 2. The number of urea groups is 1. The van der Waals surface area contributed by atoms with E-state index in [1.165, 1.54) is 4.90 Å². The lowest BCUT2D eigenvalue weighted by atomic mass is 10.1. The van der Waals surface area contributed by atoms with Gasteiger partial charge in [0.25, 0.3) is 0 Å². The molecule has 0 aliphatic heterocycles. The Kier molecular flexibility index (Phi) is 5.67. The molecule has 0 rings (SSSR count). The normalized spacial score (nSPS) is 12.7. The second-order valence-corrected chi connectivity index (χ2v) is 4.61. The van der Waals surface area contributed by atoms with Gasteiger partial charge in [0, 0.05) is 12.1 Å². The number of rotatable bonds is 5. The van der Waals surface area contributed by atoms with Crippen LogP contribution in [0.4, 0.5) is 4.79 Å². The van der Waals surface area contributed by atoms with Crippen LogP contribution in [0.15, 0.2) is 12.7 Å². The number of amides is 2. The SMILES string of the molecule is C=CCN(C(=O)NC[C@H](O)C(=O)O)C(C)(C)C. The average Bonchev–Trinajstić information content (AvgIpc) is 2.20. The average molecular weight is 244 g/mol. The maximum atomic E-state index is 11.8. The monoisotopic (exact) mass is 244 g/mol. The summed E-state index contributed by atoms with van der Waals surface area (Å²) in [5.74, 6) is -1.36. The topological polar surface area (TPSA) is 89.9 Å². The predicted octanol–water partition coefficient (Wildman–Crippen LogP) is 0.428. The number of nitrogens with one attached hydrogen (secondary N) is 1. The Morgan fingerprint density at radius 2 is 2.00 bits per heavy atom. The molecule has 0 unspecified atom stereocenters. The first-order valence-corrected chi connectivity index (χ1v) is 5.27. The number of hydrogen-bond donors (Lipinski definition) is 3. The van der Waals surface area contributed by atoms with E-state index in [4.69, 9.17) is 10.2 Å². The van der Waals surface area contributed by atoms with Gasteiger partial charge >= 0.3 is 12.0 Å². The number of aliphatic hydroxyl groups is 1. The van der Waals surface area contributed by atoms with Crippen LogP contribution in [0.25, 0.3) is 0 Å². The van der Waals surface area contributed by atoms with Crippen molar-refractivity contribution in [3.05, 3.63) is 12.7 Å². The molecule has 17 heavy (non-hydrogen) atoms. The highest BCUT2D eigenvalue weighted by Gasteiger charge is 2.26. The molecule has 0 aliphatic carbocycles. The zero-order chi connectivity index (χ0) is 13.6. The first-order chi connectivity index (χ1) is 7.70. The molecule has 3 N–H and O–H groups in total. The van der Waals surface area contributed by atoms with Gasteiger partial charge in [-0.3, -0.25) is 0 Å². The fourth-order valence-electron chi connectivity index (χ4n) is 1.16. The van der Waals surface area contributed by atoms with Gasteiger partial charge in [-0.1, -0.05) is 6.08 Å². The van der Waals surface area contributed by atoms with Gasteiger partial charge in [0.05, 0.1) is 6.54 Å².